The largest absolute Gasteiger partial charge is 0.492 e. The van der Waals surface area contributed by atoms with Crippen LogP contribution in [-0.2, 0) is 14.3 Å². The third kappa shape index (κ3) is 5.56. The molecule has 3 rings (SSSR count). The Bertz CT molecular complexity index is 1060. The van der Waals surface area contributed by atoms with E-state index in [4.69, 9.17) is 9.47 Å². The minimum atomic E-state index is -0.516. The van der Waals surface area contributed by atoms with Crippen molar-refractivity contribution in [3.63, 3.8) is 0 Å². The Morgan fingerprint density at radius 3 is 2.39 bits per heavy atom. The highest BCUT2D eigenvalue weighted by Gasteiger charge is 2.39. The van der Waals surface area contributed by atoms with Gasteiger partial charge in [-0.15, -0.1) is 0 Å². The van der Waals surface area contributed by atoms with E-state index in [0.717, 1.165) is 0 Å². The zero-order valence-corrected chi connectivity index (χ0v) is 18.9. The van der Waals surface area contributed by atoms with Gasteiger partial charge in [0.1, 0.15) is 11.4 Å². The molecule has 174 valence electrons. The number of nitrogens with one attached hydrogen (secondary N) is 1. The summed E-state index contributed by atoms with van der Waals surface area (Å²) in [4.78, 5) is 38.2. The summed E-state index contributed by atoms with van der Waals surface area (Å²) >= 11 is 0. The number of hydrogen-bond acceptors (Lipinski definition) is 7. The molecule has 0 atom stereocenters. The number of ether oxygens (including phenoxy) is 2. The third-order valence-corrected chi connectivity index (χ3v) is 4.96. The van der Waals surface area contributed by atoms with Gasteiger partial charge in [0.25, 0.3) is 17.5 Å². The van der Waals surface area contributed by atoms with Gasteiger partial charge in [-0.1, -0.05) is 12.1 Å². The zero-order chi connectivity index (χ0) is 24.0. The Balaban J connectivity index is 1.96. The maximum Gasteiger partial charge on any atom is 0.278 e. The van der Waals surface area contributed by atoms with Crippen LogP contribution >= 0.6 is 0 Å². The van der Waals surface area contributed by atoms with Crippen molar-refractivity contribution in [3.8, 4) is 5.75 Å². The summed E-state index contributed by atoms with van der Waals surface area (Å²) in [5.41, 5.74) is 1.11. The van der Waals surface area contributed by atoms with E-state index in [1.54, 1.807) is 18.2 Å². The average Bonchev–Trinajstić information content (AvgIpc) is 3.02. The van der Waals surface area contributed by atoms with Crippen LogP contribution in [0.2, 0.25) is 0 Å². The van der Waals surface area contributed by atoms with Gasteiger partial charge < -0.3 is 14.8 Å². The Morgan fingerprint density at radius 2 is 1.76 bits per heavy atom. The molecule has 9 heteroatoms. The first-order valence-corrected chi connectivity index (χ1v) is 10.8. The van der Waals surface area contributed by atoms with Crippen molar-refractivity contribution in [2.24, 2.45) is 0 Å². The maximum atomic E-state index is 13.3. The fourth-order valence-electron chi connectivity index (χ4n) is 3.44. The molecule has 0 saturated carbocycles. The van der Waals surface area contributed by atoms with Gasteiger partial charge in [-0.05, 0) is 57.0 Å². The number of nitro groups is 1. The van der Waals surface area contributed by atoms with E-state index >= 15 is 0 Å². The molecule has 0 radical (unpaired) electrons. The lowest BCUT2D eigenvalue weighted by Gasteiger charge is -2.16. The first kappa shape index (κ1) is 23.9. The average molecular weight is 453 g/mol. The Morgan fingerprint density at radius 1 is 1.06 bits per heavy atom. The standard InChI is InChI=1S/C24H27N3O6/c1-4-32-20-9-6-5-8-19(20)25-22-21(17-10-12-18(13-11-17)27(30)31)23(28)26(24(22)29)14-7-15-33-16(2)3/h5-6,8-13,16,25H,4,7,14-15H2,1-3H3. The number of hydrogen-bond donors (Lipinski definition) is 1. The summed E-state index contributed by atoms with van der Waals surface area (Å²) < 4.78 is 11.2. The maximum absolute atomic E-state index is 13.3. The monoisotopic (exact) mass is 453 g/mol. The lowest BCUT2D eigenvalue weighted by molar-refractivity contribution is -0.384. The molecule has 2 aromatic carbocycles. The number of nitro benzene ring substituents is 1. The van der Waals surface area contributed by atoms with E-state index in [1.807, 2.05) is 26.8 Å². The number of non-ortho nitro benzene ring substituents is 1. The number of imide groups is 1. The number of benzene rings is 2. The topological polar surface area (TPSA) is 111 Å². The van der Waals surface area contributed by atoms with Crippen molar-refractivity contribution in [2.45, 2.75) is 33.3 Å². The minimum absolute atomic E-state index is 0.0519. The lowest BCUT2D eigenvalue weighted by Crippen LogP contribution is -2.34. The van der Waals surface area contributed by atoms with Gasteiger partial charge in [-0.3, -0.25) is 24.6 Å². The van der Waals surface area contributed by atoms with Crippen LogP contribution in [0.25, 0.3) is 5.57 Å². The van der Waals surface area contributed by atoms with Gasteiger partial charge in [-0.2, -0.15) is 0 Å². The van der Waals surface area contributed by atoms with Gasteiger partial charge in [0.05, 0.1) is 28.9 Å². The van der Waals surface area contributed by atoms with Crippen LogP contribution < -0.4 is 10.1 Å². The van der Waals surface area contributed by atoms with Crippen molar-refractivity contribution in [3.05, 3.63) is 69.9 Å². The van der Waals surface area contributed by atoms with Gasteiger partial charge >= 0.3 is 0 Å². The summed E-state index contributed by atoms with van der Waals surface area (Å²) in [6.07, 6.45) is 0.544. The summed E-state index contributed by atoms with van der Waals surface area (Å²) in [5.74, 6) is -0.390. The summed E-state index contributed by atoms with van der Waals surface area (Å²) in [7, 11) is 0. The molecule has 1 heterocycles. The first-order valence-electron chi connectivity index (χ1n) is 10.8. The molecule has 0 saturated heterocycles. The molecule has 1 aliphatic heterocycles. The molecule has 0 unspecified atom stereocenters. The molecule has 0 aromatic heterocycles. The number of carbonyl (C=O) groups is 2. The third-order valence-electron chi connectivity index (χ3n) is 4.96. The minimum Gasteiger partial charge on any atom is -0.492 e. The molecule has 2 aromatic rings. The highest BCUT2D eigenvalue weighted by atomic mass is 16.6. The van der Waals surface area contributed by atoms with Crippen molar-refractivity contribution >= 4 is 28.8 Å². The predicted octanol–water partition coefficient (Wildman–Crippen LogP) is 4.00. The van der Waals surface area contributed by atoms with Crippen LogP contribution in [0.3, 0.4) is 0 Å². The van der Waals surface area contributed by atoms with Gasteiger partial charge in [0, 0.05) is 25.3 Å². The van der Waals surface area contributed by atoms with E-state index in [-0.39, 0.29) is 29.6 Å². The van der Waals surface area contributed by atoms with E-state index in [9.17, 15) is 19.7 Å². The van der Waals surface area contributed by atoms with E-state index < -0.39 is 16.7 Å². The second-order valence-corrected chi connectivity index (χ2v) is 7.64. The molecule has 2 amide bonds. The molecule has 9 nitrogen and oxygen atoms in total. The van der Waals surface area contributed by atoms with E-state index in [0.29, 0.717) is 36.6 Å². The fourth-order valence-corrected chi connectivity index (χ4v) is 3.44. The van der Waals surface area contributed by atoms with Crippen molar-refractivity contribution < 1.29 is 24.0 Å². The van der Waals surface area contributed by atoms with Gasteiger partial charge in [0.2, 0.25) is 0 Å². The van der Waals surface area contributed by atoms with Crippen molar-refractivity contribution in [1.82, 2.24) is 4.90 Å². The second kappa shape index (κ2) is 10.7. The molecule has 1 N–H and O–H groups in total. The summed E-state index contributed by atoms with van der Waals surface area (Å²) in [6.45, 7) is 6.72. The molecule has 0 aliphatic carbocycles. The highest BCUT2D eigenvalue weighted by molar-refractivity contribution is 6.36. The second-order valence-electron chi connectivity index (χ2n) is 7.64. The van der Waals surface area contributed by atoms with Crippen LogP contribution in [0, 0.1) is 10.1 Å². The zero-order valence-electron chi connectivity index (χ0n) is 18.9. The number of anilines is 1. The molecule has 33 heavy (non-hydrogen) atoms. The van der Waals surface area contributed by atoms with Gasteiger partial charge in [0.15, 0.2) is 0 Å². The fraction of sp³-hybridized carbons (Fsp3) is 0.333. The van der Waals surface area contributed by atoms with Gasteiger partial charge in [-0.25, -0.2) is 0 Å². The van der Waals surface area contributed by atoms with Crippen LogP contribution in [0.4, 0.5) is 11.4 Å². The number of nitrogens with zero attached hydrogens (tertiary/aromatic N) is 2. The summed E-state index contributed by atoms with van der Waals surface area (Å²) in [5, 5.41) is 14.1. The quantitative estimate of drug-likeness (QED) is 0.237. The Kier molecular flexibility index (Phi) is 7.78. The lowest BCUT2D eigenvalue weighted by atomic mass is 10.0. The van der Waals surface area contributed by atoms with Crippen LogP contribution in [-0.4, -0.2) is 47.5 Å². The molecular weight excluding hydrogens is 426 g/mol. The first-order chi connectivity index (χ1) is 15.8. The normalized spacial score (nSPS) is 13.8. The molecular formula is C24H27N3O6. The Labute approximate surface area is 192 Å². The highest BCUT2D eigenvalue weighted by Crippen LogP contribution is 2.34. The molecule has 0 spiro atoms. The van der Waals surface area contributed by atoms with Crippen LogP contribution in [0.5, 0.6) is 5.75 Å². The predicted molar refractivity (Wildman–Crippen MR) is 124 cm³/mol. The van der Waals surface area contributed by atoms with Crippen LogP contribution in [0.15, 0.2) is 54.2 Å². The van der Waals surface area contributed by atoms with Crippen molar-refractivity contribution in [2.75, 3.05) is 25.1 Å². The number of para-hydroxylation sites is 2. The number of carbonyl (C=O) groups excluding carboxylic acids is 2. The smallest absolute Gasteiger partial charge is 0.278 e. The van der Waals surface area contributed by atoms with E-state index in [1.165, 1.54) is 29.2 Å². The SMILES string of the molecule is CCOc1ccccc1NC1=C(c2ccc([N+](=O)[O-])cc2)C(=O)N(CCCOC(C)C)C1=O. The molecule has 0 fully saturated rings. The Hall–Kier alpha value is -3.72. The molecule has 1 aliphatic rings. The van der Waals surface area contributed by atoms with Crippen molar-refractivity contribution in [1.29, 1.82) is 0 Å². The number of rotatable bonds is 11. The van der Waals surface area contributed by atoms with Crippen LogP contribution in [0.1, 0.15) is 32.8 Å². The number of amides is 2. The van der Waals surface area contributed by atoms with E-state index in [2.05, 4.69) is 5.32 Å². The summed E-state index contributed by atoms with van der Waals surface area (Å²) in [6, 6.07) is 12.7. The molecule has 0 bridgehead atoms.